The van der Waals surface area contributed by atoms with E-state index in [2.05, 4.69) is 11.4 Å². The molecule has 3 aromatic carbocycles. The van der Waals surface area contributed by atoms with E-state index in [0.29, 0.717) is 6.54 Å². The lowest BCUT2D eigenvalue weighted by atomic mass is 9.90. The fourth-order valence-electron chi connectivity index (χ4n) is 4.09. The number of anilines is 1. The maximum Gasteiger partial charge on any atom is 0.226 e. The largest absolute Gasteiger partial charge is 0.335 e. The van der Waals surface area contributed by atoms with Crippen LogP contribution in [-0.4, -0.2) is 23.3 Å². The lowest BCUT2D eigenvalue weighted by Crippen LogP contribution is -2.40. The minimum absolute atomic E-state index is 0.00184. The summed E-state index contributed by atoms with van der Waals surface area (Å²) in [6.45, 7) is 2.22. The Hall–Kier alpha value is -3.40. The average molecular weight is 384 g/mol. The molecule has 0 saturated heterocycles. The van der Waals surface area contributed by atoms with Crippen molar-refractivity contribution in [2.45, 2.75) is 25.8 Å². The van der Waals surface area contributed by atoms with Crippen LogP contribution in [0.4, 0.5) is 5.69 Å². The lowest BCUT2D eigenvalue weighted by molar-refractivity contribution is -0.132. The first-order chi connectivity index (χ1) is 14.1. The van der Waals surface area contributed by atoms with Gasteiger partial charge in [-0.25, -0.2) is 0 Å². The number of carbonyl (C=O) groups is 2. The van der Waals surface area contributed by atoms with Gasteiger partial charge >= 0.3 is 0 Å². The summed E-state index contributed by atoms with van der Waals surface area (Å²) in [6, 6.07) is 25.7. The number of nitrogens with one attached hydrogen (secondary N) is 1. The van der Waals surface area contributed by atoms with Gasteiger partial charge in [-0.05, 0) is 29.2 Å². The summed E-state index contributed by atoms with van der Waals surface area (Å²) in [5, 5.41) is 3.07. The molecule has 0 aliphatic carbocycles. The van der Waals surface area contributed by atoms with Gasteiger partial charge in [0.1, 0.15) is 0 Å². The first-order valence-corrected chi connectivity index (χ1v) is 9.93. The number of para-hydroxylation sites is 1. The monoisotopic (exact) mass is 384 g/mol. The number of fused-ring (bicyclic) bond motifs is 1. The van der Waals surface area contributed by atoms with Gasteiger partial charge in [-0.3, -0.25) is 9.59 Å². The first-order valence-electron chi connectivity index (χ1n) is 9.93. The van der Waals surface area contributed by atoms with Crippen LogP contribution in [-0.2, 0) is 16.0 Å². The molecule has 1 aliphatic rings. The van der Waals surface area contributed by atoms with Gasteiger partial charge in [-0.1, -0.05) is 72.8 Å². The average Bonchev–Trinajstić information content (AvgIpc) is 2.75. The van der Waals surface area contributed by atoms with E-state index >= 15 is 0 Å². The topological polar surface area (TPSA) is 49.4 Å². The molecule has 1 aliphatic heterocycles. The van der Waals surface area contributed by atoms with Crippen molar-refractivity contribution in [1.82, 2.24) is 4.90 Å². The summed E-state index contributed by atoms with van der Waals surface area (Å²) in [5.74, 6) is -0.0941. The third-order valence-corrected chi connectivity index (χ3v) is 5.48. The molecule has 0 fully saturated rings. The molecular weight excluding hydrogens is 360 g/mol. The summed E-state index contributed by atoms with van der Waals surface area (Å²) < 4.78 is 0. The van der Waals surface area contributed by atoms with E-state index in [1.54, 1.807) is 6.92 Å². The van der Waals surface area contributed by atoms with Gasteiger partial charge in [0.25, 0.3) is 0 Å². The zero-order valence-electron chi connectivity index (χ0n) is 16.5. The Balaban J connectivity index is 1.58. The van der Waals surface area contributed by atoms with Crippen LogP contribution in [0.1, 0.15) is 30.5 Å². The van der Waals surface area contributed by atoms with Gasteiger partial charge < -0.3 is 10.2 Å². The standard InChI is InChI=1S/C25H24N2O2/c1-18(28)27-16-15-20-11-5-6-13-22(20)24(27)17-25(29)26-23-14-8-7-12-21(23)19-9-3-2-4-10-19/h2-14,24H,15-17H2,1H3,(H,26,29). The van der Waals surface area contributed by atoms with Crippen LogP contribution in [0.5, 0.6) is 0 Å². The number of carbonyl (C=O) groups excluding carboxylic acids is 2. The molecule has 0 bridgehead atoms. The third-order valence-electron chi connectivity index (χ3n) is 5.48. The summed E-state index contributed by atoms with van der Waals surface area (Å²) in [5.41, 5.74) is 5.10. The molecule has 0 aromatic heterocycles. The van der Waals surface area contributed by atoms with Crippen LogP contribution in [0, 0.1) is 0 Å². The Bertz CT molecular complexity index is 1030. The normalized spacial score (nSPS) is 15.5. The molecule has 1 heterocycles. The van der Waals surface area contributed by atoms with Crippen LogP contribution >= 0.6 is 0 Å². The lowest BCUT2D eigenvalue weighted by Gasteiger charge is -2.36. The van der Waals surface area contributed by atoms with Crippen molar-refractivity contribution < 1.29 is 9.59 Å². The third kappa shape index (κ3) is 4.06. The molecule has 4 nitrogen and oxygen atoms in total. The SMILES string of the molecule is CC(=O)N1CCc2ccccc2C1CC(=O)Nc1ccccc1-c1ccccc1. The number of hydrogen-bond acceptors (Lipinski definition) is 2. The summed E-state index contributed by atoms with van der Waals surface area (Å²) >= 11 is 0. The molecule has 1 N–H and O–H groups in total. The van der Waals surface area contributed by atoms with E-state index in [9.17, 15) is 9.59 Å². The van der Waals surface area contributed by atoms with Crippen molar-refractivity contribution in [3.63, 3.8) is 0 Å². The fourth-order valence-corrected chi connectivity index (χ4v) is 4.09. The molecule has 4 rings (SSSR count). The molecule has 3 aromatic rings. The molecule has 0 spiro atoms. The van der Waals surface area contributed by atoms with Crippen LogP contribution in [0.15, 0.2) is 78.9 Å². The highest BCUT2D eigenvalue weighted by molar-refractivity contribution is 5.96. The quantitative estimate of drug-likeness (QED) is 0.700. The molecule has 1 atom stereocenters. The second-order valence-electron chi connectivity index (χ2n) is 7.34. The smallest absolute Gasteiger partial charge is 0.226 e. The summed E-state index contributed by atoms with van der Waals surface area (Å²) in [4.78, 5) is 27.0. The van der Waals surface area contributed by atoms with Gasteiger partial charge in [-0.15, -0.1) is 0 Å². The van der Waals surface area contributed by atoms with Crippen LogP contribution in [0.2, 0.25) is 0 Å². The molecule has 0 saturated carbocycles. The Labute approximate surface area is 171 Å². The fraction of sp³-hybridized carbons (Fsp3) is 0.200. The van der Waals surface area contributed by atoms with Gasteiger partial charge in [0.15, 0.2) is 0 Å². The molecule has 29 heavy (non-hydrogen) atoms. The second-order valence-corrected chi connectivity index (χ2v) is 7.34. The van der Waals surface area contributed by atoms with E-state index in [1.807, 2.05) is 77.7 Å². The van der Waals surface area contributed by atoms with Gasteiger partial charge in [0.2, 0.25) is 11.8 Å². The Morgan fingerprint density at radius 1 is 0.931 bits per heavy atom. The highest BCUT2D eigenvalue weighted by Crippen LogP contribution is 2.33. The Morgan fingerprint density at radius 3 is 2.41 bits per heavy atom. The second kappa shape index (κ2) is 8.31. The van der Waals surface area contributed by atoms with E-state index < -0.39 is 0 Å². The summed E-state index contributed by atoms with van der Waals surface area (Å²) in [7, 11) is 0. The molecular formula is C25H24N2O2. The molecule has 4 heteroatoms. The van der Waals surface area contributed by atoms with Crippen molar-refractivity contribution in [3.8, 4) is 11.1 Å². The Kier molecular flexibility index (Phi) is 5.43. The molecule has 1 unspecified atom stereocenters. The predicted octanol–water partition coefficient (Wildman–Crippen LogP) is 4.83. The number of nitrogens with zero attached hydrogens (tertiary/aromatic N) is 1. The number of rotatable bonds is 4. The predicted molar refractivity (Wildman–Crippen MR) is 115 cm³/mol. The number of benzene rings is 3. The molecule has 146 valence electrons. The molecule has 0 radical (unpaired) electrons. The maximum atomic E-state index is 13.0. The molecule has 2 amide bonds. The van der Waals surface area contributed by atoms with Crippen molar-refractivity contribution in [2.24, 2.45) is 0 Å². The Morgan fingerprint density at radius 2 is 1.62 bits per heavy atom. The van der Waals surface area contributed by atoms with E-state index in [-0.39, 0.29) is 24.3 Å². The van der Waals surface area contributed by atoms with Crippen molar-refractivity contribution in [2.75, 3.05) is 11.9 Å². The maximum absolute atomic E-state index is 13.0. The van der Waals surface area contributed by atoms with E-state index in [0.717, 1.165) is 28.8 Å². The number of amides is 2. The van der Waals surface area contributed by atoms with Gasteiger partial charge in [0.05, 0.1) is 12.5 Å². The van der Waals surface area contributed by atoms with Gasteiger partial charge in [-0.2, -0.15) is 0 Å². The van der Waals surface area contributed by atoms with Crippen molar-refractivity contribution >= 4 is 17.5 Å². The van der Waals surface area contributed by atoms with Crippen LogP contribution in [0.3, 0.4) is 0 Å². The van der Waals surface area contributed by atoms with Crippen LogP contribution in [0.25, 0.3) is 11.1 Å². The van der Waals surface area contributed by atoms with Crippen molar-refractivity contribution in [1.29, 1.82) is 0 Å². The highest BCUT2D eigenvalue weighted by atomic mass is 16.2. The highest BCUT2D eigenvalue weighted by Gasteiger charge is 2.30. The summed E-state index contributed by atoms with van der Waals surface area (Å²) in [6.07, 6.45) is 1.06. The van der Waals surface area contributed by atoms with E-state index in [1.165, 1.54) is 5.56 Å². The minimum Gasteiger partial charge on any atom is -0.335 e. The van der Waals surface area contributed by atoms with E-state index in [4.69, 9.17) is 0 Å². The van der Waals surface area contributed by atoms with Crippen LogP contribution < -0.4 is 5.32 Å². The zero-order valence-corrected chi connectivity index (χ0v) is 16.5. The zero-order chi connectivity index (χ0) is 20.2. The number of hydrogen-bond donors (Lipinski definition) is 1. The minimum atomic E-state index is -0.235. The first kappa shape index (κ1) is 18.9. The van der Waals surface area contributed by atoms with Gasteiger partial charge in [0, 0.05) is 24.7 Å². The van der Waals surface area contributed by atoms with Crippen molar-refractivity contribution in [3.05, 3.63) is 90.0 Å².